The van der Waals surface area contributed by atoms with Crippen LogP contribution in [0.1, 0.15) is 25.3 Å². The third kappa shape index (κ3) is 5.83. The van der Waals surface area contributed by atoms with Crippen LogP contribution >= 0.6 is 9.39 Å². The molecule has 0 spiro atoms. The van der Waals surface area contributed by atoms with Crippen molar-refractivity contribution in [3.63, 3.8) is 0 Å². The number of allylic oxidation sites excluding steroid dienone is 2. The van der Waals surface area contributed by atoms with E-state index in [0.717, 1.165) is 62.6 Å². The lowest BCUT2D eigenvalue weighted by Crippen LogP contribution is -2.28. The molecule has 1 aliphatic rings. The molecule has 0 unspecified atom stereocenters. The van der Waals surface area contributed by atoms with Crippen LogP contribution in [0.2, 0.25) is 0 Å². The molecule has 198 valence electrons. The number of benzene rings is 1. The van der Waals surface area contributed by atoms with Gasteiger partial charge in [0.25, 0.3) is 0 Å². The maximum absolute atomic E-state index is 14.6. The number of halogens is 1. The van der Waals surface area contributed by atoms with Crippen LogP contribution < -0.4 is 20.6 Å². The average molecular weight is 531 g/mol. The van der Waals surface area contributed by atoms with Gasteiger partial charge in [-0.05, 0) is 86.5 Å². The standard InChI is InChI=1S/C30H35FN6S/c1-19(22-8-10-32-11-9-22)6-7-27-20(2)30(37-36-27)28-15-25-26(17-33-18-29(25)35-28)23-12-21(13-24(31)14-23)16-34-38(3,4)5/h6-7,12-15,17-18,22,32,34-36H,2-4,8-11,16H2,1,5H3/b19-6+,27-7+. The van der Waals surface area contributed by atoms with Gasteiger partial charge in [0.1, 0.15) is 11.5 Å². The first-order chi connectivity index (χ1) is 18.2. The van der Waals surface area contributed by atoms with E-state index in [2.05, 4.69) is 67.6 Å². The van der Waals surface area contributed by atoms with Crippen molar-refractivity contribution in [3.05, 3.63) is 70.3 Å². The van der Waals surface area contributed by atoms with Gasteiger partial charge in [-0.2, -0.15) is 14.5 Å². The maximum atomic E-state index is 14.6. The van der Waals surface area contributed by atoms with Crippen LogP contribution in [0.5, 0.6) is 0 Å². The molecule has 5 rings (SSSR count). The van der Waals surface area contributed by atoms with Crippen LogP contribution in [0.15, 0.2) is 48.3 Å². The van der Waals surface area contributed by atoms with Crippen molar-refractivity contribution in [3.8, 4) is 22.5 Å². The molecule has 6 nitrogen and oxygen atoms in total. The summed E-state index contributed by atoms with van der Waals surface area (Å²) in [4.78, 5) is 7.84. The molecule has 4 heterocycles. The zero-order valence-electron chi connectivity index (χ0n) is 22.0. The van der Waals surface area contributed by atoms with E-state index >= 15 is 0 Å². The van der Waals surface area contributed by atoms with Crippen molar-refractivity contribution in [1.82, 2.24) is 30.2 Å². The minimum absolute atomic E-state index is 0.294. The van der Waals surface area contributed by atoms with Gasteiger partial charge in [0.2, 0.25) is 0 Å². The van der Waals surface area contributed by atoms with Crippen LogP contribution in [0, 0.1) is 11.7 Å². The molecule has 1 aromatic carbocycles. The summed E-state index contributed by atoms with van der Waals surface area (Å²) < 4.78 is 17.9. The number of nitrogens with one attached hydrogen (secondary N) is 4. The molecule has 4 N–H and O–H groups in total. The second-order valence-corrected chi connectivity index (χ2v) is 13.2. The van der Waals surface area contributed by atoms with E-state index in [9.17, 15) is 4.39 Å². The summed E-state index contributed by atoms with van der Waals surface area (Å²) >= 11 is 0. The fourth-order valence-corrected chi connectivity index (χ4v) is 5.46. The van der Waals surface area contributed by atoms with Gasteiger partial charge in [-0.15, -0.1) is 0 Å². The number of hydrogen-bond donors (Lipinski definition) is 4. The predicted molar refractivity (Wildman–Crippen MR) is 162 cm³/mol. The Labute approximate surface area is 223 Å². The Bertz CT molecular complexity index is 1720. The molecule has 8 heteroatoms. The molecule has 0 amide bonds. The number of rotatable bonds is 7. The minimum atomic E-state index is -1.41. The van der Waals surface area contributed by atoms with Crippen molar-refractivity contribution < 1.29 is 4.39 Å². The number of fused-ring (bicyclic) bond motifs is 1. The van der Waals surface area contributed by atoms with E-state index in [0.29, 0.717) is 12.5 Å². The van der Waals surface area contributed by atoms with Gasteiger partial charge < -0.3 is 10.3 Å². The summed E-state index contributed by atoms with van der Waals surface area (Å²) in [6, 6.07) is 7.09. The second-order valence-electron chi connectivity index (χ2n) is 10.3. The molecule has 1 aliphatic heterocycles. The molecule has 38 heavy (non-hydrogen) atoms. The smallest absolute Gasteiger partial charge is 0.124 e. The van der Waals surface area contributed by atoms with Crippen LogP contribution in [-0.4, -0.2) is 51.3 Å². The van der Waals surface area contributed by atoms with Crippen LogP contribution in [0.3, 0.4) is 0 Å². The number of nitrogens with zero attached hydrogens (tertiary/aromatic N) is 2. The lowest BCUT2D eigenvalue weighted by molar-refractivity contribution is 0.420. The molecular formula is C30H35FN6S. The Hall–Kier alpha value is -3.46. The van der Waals surface area contributed by atoms with E-state index in [-0.39, 0.29) is 5.82 Å². The molecule has 4 aromatic rings. The Morgan fingerprint density at radius 3 is 2.74 bits per heavy atom. The molecule has 0 atom stereocenters. The number of aromatic nitrogens is 4. The SMILES string of the molecule is C=c1c(-c2cc3c(-c4cc(F)cc(CNS(=C)(=C)C)c4)cncc3[nH]2)n[nH]/c1=C/C=C(\C)C1CCNCC1. The van der Waals surface area contributed by atoms with Crippen molar-refractivity contribution in [2.45, 2.75) is 26.3 Å². The summed E-state index contributed by atoms with van der Waals surface area (Å²) in [7, 11) is -1.41. The molecule has 0 radical (unpaired) electrons. The van der Waals surface area contributed by atoms with E-state index in [1.807, 2.05) is 18.4 Å². The van der Waals surface area contributed by atoms with Crippen molar-refractivity contribution >= 4 is 44.7 Å². The molecule has 1 saturated heterocycles. The average Bonchev–Trinajstić information content (AvgIpc) is 3.48. The molecule has 3 aromatic heterocycles. The van der Waals surface area contributed by atoms with Gasteiger partial charge in [-0.1, -0.05) is 30.0 Å². The Balaban J connectivity index is 1.48. The summed E-state index contributed by atoms with van der Waals surface area (Å²) in [6.07, 6.45) is 12.1. The van der Waals surface area contributed by atoms with Gasteiger partial charge in [0.15, 0.2) is 0 Å². The third-order valence-electron chi connectivity index (χ3n) is 7.09. The van der Waals surface area contributed by atoms with Crippen LogP contribution in [0.4, 0.5) is 4.39 Å². The lowest BCUT2D eigenvalue weighted by Gasteiger charge is -2.23. The van der Waals surface area contributed by atoms with E-state index in [4.69, 9.17) is 0 Å². The van der Waals surface area contributed by atoms with E-state index in [1.165, 1.54) is 24.5 Å². The Kier molecular flexibility index (Phi) is 7.38. The minimum Gasteiger partial charge on any atom is -0.352 e. The van der Waals surface area contributed by atoms with Crippen LogP contribution in [0.25, 0.3) is 46.1 Å². The summed E-state index contributed by atoms with van der Waals surface area (Å²) in [6.45, 7) is 9.13. The third-order valence-corrected chi connectivity index (χ3v) is 7.93. The molecule has 0 saturated carbocycles. The highest BCUT2D eigenvalue weighted by atomic mass is 32.2. The summed E-state index contributed by atoms with van der Waals surface area (Å²) in [5.41, 5.74) is 6.26. The largest absolute Gasteiger partial charge is 0.352 e. The highest BCUT2D eigenvalue weighted by molar-refractivity contribution is 8.25. The highest BCUT2D eigenvalue weighted by Gasteiger charge is 2.15. The fraction of sp³-hybridized carbons (Fsp3) is 0.267. The number of aromatic amines is 2. The Morgan fingerprint density at radius 2 is 1.97 bits per heavy atom. The maximum Gasteiger partial charge on any atom is 0.124 e. The summed E-state index contributed by atoms with van der Waals surface area (Å²) in [5, 5.41) is 13.8. The first-order valence-corrected chi connectivity index (χ1v) is 15.1. The number of pyridine rings is 1. The molecular weight excluding hydrogens is 495 g/mol. The van der Waals surface area contributed by atoms with Gasteiger partial charge in [0.05, 0.1) is 22.8 Å². The number of hydrogen-bond acceptors (Lipinski definition) is 4. The van der Waals surface area contributed by atoms with E-state index in [1.54, 1.807) is 18.5 Å². The normalized spacial score (nSPS) is 16.0. The first-order valence-electron chi connectivity index (χ1n) is 12.8. The summed E-state index contributed by atoms with van der Waals surface area (Å²) in [5.74, 6) is 8.41. The first kappa shape index (κ1) is 26.2. The monoisotopic (exact) mass is 530 g/mol. The molecule has 1 fully saturated rings. The van der Waals surface area contributed by atoms with E-state index < -0.39 is 9.39 Å². The topological polar surface area (TPSA) is 81.4 Å². The van der Waals surface area contributed by atoms with Gasteiger partial charge in [-0.25, -0.2) is 4.39 Å². The van der Waals surface area contributed by atoms with Crippen molar-refractivity contribution in [2.75, 3.05) is 19.3 Å². The quantitative estimate of drug-likeness (QED) is 0.270. The number of piperidine rings is 1. The highest BCUT2D eigenvalue weighted by Crippen LogP contribution is 2.31. The van der Waals surface area contributed by atoms with Gasteiger partial charge in [0, 0.05) is 28.9 Å². The molecule has 0 bridgehead atoms. The van der Waals surface area contributed by atoms with Crippen molar-refractivity contribution in [2.24, 2.45) is 5.92 Å². The second kappa shape index (κ2) is 10.7. The van der Waals surface area contributed by atoms with Gasteiger partial charge >= 0.3 is 0 Å². The molecule has 0 aliphatic carbocycles. The zero-order chi connectivity index (χ0) is 26.9. The number of H-pyrrole nitrogens is 2. The zero-order valence-corrected chi connectivity index (χ0v) is 22.9. The van der Waals surface area contributed by atoms with Crippen molar-refractivity contribution in [1.29, 1.82) is 0 Å². The Morgan fingerprint density at radius 1 is 1.18 bits per heavy atom. The van der Waals surface area contributed by atoms with Gasteiger partial charge in [-0.3, -0.25) is 14.8 Å². The van der Waals surface area contributed by atoms with Crippen LogP contribution in [-0.2, 0) is 6.54 Å². The lowest BCUT2D eigenvalue weighted by atomic mass is 9.91. The fourth-order valence-electron chi connectivity index (χ4n) is 4.94. The predicted octanol–water partition coefficient (Wildman–Crippen LogP) is 4.20.